The second-order valence-electron chi connectivity index (χ2n) is 8.37. The van der Waals surface area contributed by atoms with Crippen molar-refractivity contribution in [3.8, 4) is 17.0 Å². The Bertz CT molecular complexity index is 1270. The van der Waals surface area contributed by atoms with Gasteiger partial charge in [0.1, 0.15) is 11.6 Å². The van der Waals surface area contributed by atoms with E-state index in [-0.39, 0.29) is 17.7 Å². The van der Waals surface area contributed by atoms with Crippen molar-refractivity contribution < 1.29 is 13.7 Å². The van der Waals surface area contributed by atoms with E-state index in [1.165, 1.54) is 0 Å². The molecule has 9 heteroatoms. The molecule has 5 rings (SSSR count). The topological polar surface area (TPSA) is 110 Å². The van der Waals surface area contributed by atoms with Gasteiger partial charge in [-0.1, -0.05) is 50.2 Å². The van der Waals surface area contributed by atoms with E-state index < -0.39 is 11.2 Å². The van der Waals surface area contributed by atoms with Crippen LogP contribution in [0.25, 0.3) is 11.3 Å². The average Bonchev–Trinajstić information content (AvgIpc) is 2.93. The third-order valence-corrected chi connectivity index (χ3v) is 6.78. The van der Waals surface area contributed by atoms with Crippen molar-refractivity contribution >= 4 is 28.6 Å². The Morgan fingerprint density at radius 1 is 1.17 bits per heavy atom. The number of nitrogens with zero attached hydrogens (tertiary/aromatic N) is 3. The van der Waals surface area contributed by atoms with E-state index in [2.05, 4.69) is 14.1 Å². The first-order chi connectivity index (χ1) is 17.6. The van der Waals surface area contributed by atoms with Gasteiger partial charge in [-0.05, 0) is 37.1 Å². The van der Waals surface area contributed by atoms with Crippen LogP contribution in [0.15, 0.2) is 71.3 Å². The molecule has 2 atom stereocenters. The van der Waals surface area contributed by atoms with Crippen molar-refractivity contribution in [1.29, 1.82) is 0 Å². The summed E-state index contributed by atoms with van der Waals surface area (Å²) in [5.41, 5.74) is 9.66. The maximum Gasteiger partial charge on any atom is 0.253 e. The molecule has 2 aliphatic rings. The van der Waals surface area contributed by atoms with Crippen LogP contribution in [-0.4, -0.2) is 45.5 Å². The Hall–Kier alpha value is -3.72. The van der Waals surface area contributed by atoms with Crippen LogP contribution < -0.4 is 15.2 Å². The van der Waals surface area contributed by atoms with Crippen LogP contribution in [0, 0.1) is 5.92 Å². The second-order valence-corrected chi connectivity index (χ2v) is 9.26. The maximum absolute atomic E-state index is 13.3. The normalized spacial score (nSPS) is 18.6. The smallest absolute Gasteiger partial charge is 0.253 e. The van der Waals surface area contributed by atoms with Crippen LogP contribution in [0.3, 0.4) is 0 Å². The summed E-state index contributed by atoms with van der Waals surface area (Å²) in [6, 6.07) is 18.9. The summed E-state index contributed by atoms with van der Waals surface area (Å²) in [5.74, 6) is 0.973. The summed E-state index contributed by atoms with van der Waals surface area (Å²) >= 11 is -1.58. The number of benzene rings is 2. The predicted octanol–water partition coefficient (Wildman–Crippen LogP) is 4.42. The number of ether oxygens (including phenoxy) is 1. The summed E-state index contributed by atoms with van der Waals surface area (Å²) in [5, 5.41) is 0. The van der Waals surface area contributed by atoms with Crippen LogP contribution in [0.5, 0.6) is 5.75 Å². The minimum atomic E-state index is -1.58. The molecule has 1 saturated heterocycles. The lowest BCUT2D eigenvalue weighted by atomic mass is 9.98. The molecule has 2 aliphatic heterocycles. The van der Waals surface area contributed by atoms with Crippen molar-refractivity contribution in [3.63, 3.8) is 0 Å². The van der Waals surface area contributed by atoms with Crippen LogP contribution in [0.1, 0.15) is 42.6 Å². The number of piperidine rings is 1. The molecule has 3 aromatic rings. The van der Waals surface area contributed by atoms with Crippen molar-refractivity contribution in [2.75, 3.05) is 24.4 Å². The van der Waals surface area contributed by atoms with Gasteiger partial charge < -0.3 is 15.4 Å². The van der Waals surface area contributed by atoms with Crippen molar-refractivity contribution in [3.05, 3.63) is 78.0 Å². The number of anilines is 1. The summed E-state index contributed by atoms with van der Waals surface area (Å²) in [6.07, 6.45) is 3.56. The summed E-state index contributed by atoms with van der Waals surface area (Å²) < 4.78 is 24.5. The van der Waals surface area contributed by atoms with Crippen LogP contribution in [-0.2, 0) is 11.2 Å². The lowest BCUT2D eigenvalue weighted by Crippen LogP contribution is -2.41. The highest BCUT2D eigenvalue weighted by molar-refractivity contribution is 7.85. The van der Waals surface area contributed by atoms with E-state index in [0.29, 0.717) is 42.3 Å². The fourth-order valence-electron chi connectivity index (χ4n) is 4.36. The predicted molar refractivity (Wildman–Crippen MR) is 144 cm³/mol. The number of hydrogen-bond donors (Lipinski definition) is 2. The number of carbonyl (C=O) groups excluding carboxylic acids is 1. The molecule has 2 aromatic carbocycles. The van der Waals surface area contributed by atoms with E-state index in [0.717, 1.165) is 24.1 Å². The summed E-state index contributed by atoms with van der Waals surface area (Å²) in [4.78, 5) is 19.6. The number of hydrogen-bond acceptors (Lipinski definition) is 5. The molecule has 0 radical (unpaired) electrons. The van der Waals surface area contributed by atoms with E-state index in [9.17, 15) is 9.00 Å². The fraction of sp³-hybridized carbons (Fsp3) is 0.296. The first-order valence-corrected chi connectivity index (χ1v) is 13.3. The Labute approximate surface area is 214 Å². The molecule has 3 heterocycles. The number of pyridine rings is 1. The number of nitrogens with one attached hydrogen (secondary N) is 1. The minimum absolute atomic E-state index is 0.00410. The van der Waals surface area contributed by atoms with Gasteiger partial charge in [-0.3, -0.25) is 14.5 Å². The molecule has 2 unspecified atom stereocenters. The van der Waals surface area contributed by atoms with Crippen molar-refractivity contribution in [1.82, 2.24) is 9.88 Å². The van der Waals surface area contributed by atoms with Gasteiger partial charge >= 0.3 is 0 Å². The maximum atomic E-state index is 13.3. The molecule has 1 fully saturated rings. The van der Waals surface area contributed by atoms with Gasteiger partial charge in [0.05, 0.1) is 23.6 Å². The van der Waals surface area contributed by atoms with Gasteiger partial charge in [-0.15, -0.1) is 0 Å². The first-order valence-electron chi connectivity index (χ1n) is 12.2. The van der Waals surface area contributed by atoms with Gasteiger partial charge in [0.2, 0.25) is 11.2 Å². The quantitative estimate of drug-likeness (QED) is 0.534. The minimum Gasteiger partial charge on any atom is -0.492 e. The number of rotatable bonds is 5. The van der Waals surface area contributed by atoms with Gasteiger partial charge in [0, 0.05) is 36.3 Å². The molecular weight excluding hydrogens is 474 g/mol. The van der Waals surface area contributed by atoms with Crippen molar-refractivity contribution in [2.45, 2.75) is 26.7 Å². The van der Waals surface area contributed by atoms with E-state index in [4.69, 9.17) is 10.5 Å². The molecule has 8 nitrogen and oxygen atoms in total. The highest BCUT2D eigenvalue weighted by atomic mass is 32.2. The lowest BCUT2D eigenvalue weighted by molar-refractivity contribution is 0.0633. The number of carbonyl (C=O) groups is 1. The van der Waals surface area contributed by atoms with Crippen LogP contribution >= 0.6 is 0 Å². The molecule has 1 amide bonds. The molecule has 0 aliphatic carbocycles. The third-order valence-electron chi connectivity index (χ3n) is 6.02. The number of fused-ring (bicyclic) bond motifs is 1. The number of aromatic nitrogens is 1. The Kier molecular flexibility index (Phi) is 8.32. The van der Waals surface area contributed by atoms with Gasteiger partial charge in [-0.2, -0.15) is 4.40 Å². The van der Waals surface area contributed by atoms with E-state index in [1.54, 1.807) is 18.3 Å². The third kappa shape index (κ3) is 5.73. The van der Waals surface area contributed by atoms with Gasteiger partial charge in [0.25, 0.3) is 5.91 Å². The number of likely N-dealkylation sites (tertiary alicyclic amines) is 1. The number of nitrogens with two attached hydrogens (primary N) is 1. The molecule has 1 aromatic heterocycles. The van der Waals surface area contributed by atoms with E-state index >= 15 is 0 Å². The zero-order valence-electron chi connectivity index (χ0n) is 20.5. The highest BCUT2D eigenvalue weighted by Gasteiger charge is 2.26. The summed E-state index contributed by atoms with van der Waals surface area (Å²) in [7, 11) is 0. The standard InChI is InChI=1S/C25H25N5O3S.C2H6/c26-24-23-20(28-34(32)29-24)9-4-10-22(23)33-16-17-6-5-13-30(15-17)25(31)19-11-12-27-21(14-19)18-7-2-1-3-8-18;1-2/h1-4,7-12,14,17,28H,5-6,13,15-16H2,(H2,26,29);1-2H3. The van der Waals surface area contributed by atoms with E-state index in [1.807, 2.05) is 67.3 Å². The highest BCUT2D eigenvalue weighted by Crippen LogP contribution is 2.30. The SMILES string of the molecule is CC.NC1=NS(=O)Nc2cccc(OCC3CCCN(C(=O)c4ccnc(-c5ccccc5)c4)C3)c21. The van der Waals surface area contributed by atoms with Crippen LogP contribution in [0.2, 0.25) is 0 Å². The second kappa shape index (κ2) is 11.8. The number of amidine groups is 1. The fourth-order valence-corrected chi connectivity index (χ4v) is 5.03. The first kappa shape index (κ1) is 25.4. The molecule has 3 N–H and O–H groups in total. The number of amides is 1. The summed E-state index contributed by atoms with van der Waals surface area (Å²) in [6.45, 7) is 5.78. The Morgan fingerprint density at radius 2 is 1.97 bits per heavy atom. The average molecular weight is 506 g/mol. The Balaban J connectivity index is 0.00000148. The molecule has 0 bridgehead atoms. The molecule has 0 saturated carbocycles. The zero-order chi connectivity index (χ0) is 25.5. The molecular formula is C27H31N5O3S. The zero-order valence-corrected chi connectivity index (χ0v) is 21.3. The Morgan fingerprint density at radius 3 is 2.78 bits per heavy atom. The van der Waals surface area contributed by atoms with Gasteiger partial charge in [0.15, 0.2) is 0 Å². The van der Waals surface area contributed by atoms with Gasteiger partial charge in [-0.25, -0.2) is 4.21 Å². The molecule has 188 valence electrons. The van der Waals surface area contributed by atoms with Crippen molar-refractivity contribution in [2.24, 2.45) is 16.0 Å². The monoisotopic (exact) mass is 505 g/mol. The molecule has 0 spiro atoms. The largest absolute Gasteiger partial charge is 0.492 e. The molecule has 36 heavy (non-hydrogen) atoms. The van der Waals surface area contributed by atoms with Crippen LogP contribution in [0.4, 0.5) is 5.69 Å². The lowest BCUT2D eigenvalue weighted by Gasteiger charge is -2.33.